The minimum atomic E-state index is 0.192. The topological polar surface area (TPSA) is 24.1 Å². The summed E-state index contributed by atoms with van der Waals surface area (Å²) in [5, 5.41) is 7.71. The molecule has 0 aromatic heterocycles. The van der Waals surface area contributed by atoms with Crippen molar-refractivity contribution < 1.29 is 0 Å². The first-order valence-electron chi connectivity index (χ1n) is 8.29. The molecule has 1 heterocycles. The molecule has 0 spiro atoms. The predicted octanol–water partition coefficient (Wildman–Crippen LogP) is 4.28. The van der Waals surface area contributed by atoms with E-state index in [0.717, 1.165) is 0 Å². The second-order valence-electron chi connectivity index (χ2n) is 8.30. The third-order valence-electron chi connectivity index (χ3n) is 4.43. The van der Waals surface area contributed by atoms with Gasteiger partial charge in [0.25, 0.3) is 0 Å². The minimum Gasteiger partial charge on any atom is -0.307 e. The highest BCUT2D eigenvalue weighted by atomic mass is 15.1. The Morgan fingerprint density at radius 3 is 2.00 bits per heavy atom. The van der Waals surface area contributed by atoms with Crippen molar-refractivity contribution in [3.63, 3.8) is 0 Å². The molecule has 1 unspecified atom stereocenters. The molecule has 2 nitrogen and oxygen atoms in total. The molecule has 1 fully saturated rings. The van der Waals surface area contributed by atoms with E-state index in [-0.39, 0.29) is 11.1 Å². The molecule has 0 bridgehead atoms. The SMILES string of the molecule is CC(C)C(NC1CC(C)(C)NC(C)(C)C1)c1ccccc1. The molecule has 1 aliphatic heterocycles. The Hall–Kier alpha value is -0.860. The van der Waals surface area contributed by atoms with Gasteiger partial charge in [-0.2, -0.15) is 0 Å². The summed E-state index contributed by atoms with van der Waals surface area (Å²) >= 11 is 0. The lowest BCUT2D eigenvalue weighted by molar-refractivity contribution is 0.134. The average molecular weight is 288 g/mol. The largest absolute Gasteiger partial charge is 0.307 e. The minimum absolute atomic E-state index is 0.192. The zero-order valence-corrected chi connectivity index (χ0v) is 14.5. The fourth-order valence-electron chi connectivity index (χ4n) is 4.03. The molecule has 2 N–H and O–H groups in total. The number of hydrogen-bond donors (Lipinski definition) is 2. The van der Waals surface area contributed by atoms with Gasteiger partial charge in [-0.3, -0.25) is 0 Å². The normalized spacial score (nSPS) is 23.2. The standard InChI is InChI=1S/C19H32N2/c1-14(2)17(15-10-8-7-9-11-15)20-16-12-18(3,4)21-19(5,6)13-16/h7-11,14,16-17,20-21H,12-13H2,1-6H3. The van der Waals surface area contributed by atoms with Crippen molar-refractivity contribution in [2.45, 2.75) is 77.5 Å². The third kappa shape index (κ3) is 4.55. The van der Waals surface area contributed by atoms with Gasteiger partial charge in [-0.25, -0.2) is 0 Å². The van der Waals surface area contributed by atoms with Crippen LogP contribution in [-0.4, -0.2) is 17.1 Å². The summed E-state index contributed by atoms with van der Waals surface area (Å²) in [6, 6.07) is 11.9. The Labute approximate surface area is 130 Å². The summed E-state index contributed by atoms with van der Waals surface area (Å²) in [7, 11) is 0. The van der Waals surface area contributed by atoms with Crippen molar-refractivity contribution in [3.8, 4) is 0 Å². The molecule has 1 atom stereocenters. The van der Waals surface area contributed by atoms with Gasteiger partial charge in [-0.1, -0.05) is 44.2 Å². The van der Waals surface area contributed by atoms with Crippen molar-refractivity contribution in [3.05, 3.63) is 35.9 Å². The predicted molar refractivity (Wildman–Crippen MR) is 91.5 cm³/mol. The molecule has 1 saturated heterocycles. The van der Waals surface area contributed by atoms with Crippen LogP contribution < -0.4 is 10.6 Å². The molecule has 118 valence electrons. The summed E-state index contributed by atoms with van der Waals surface area (Å²) in [4.78, 5) is 0. The summed E-state index contributed by atoms with van der Waals surface area (Å²) in [6.07, 6.45) is 2.35. The fourth-order valence-corrected chi connectivity index (χ4v) is 4.03. The lowest BCUT2D eigenvalue weighted by atomic mass is 9.79. The van der Waals surface area contributed by atoms with Crippen molar-refractivity contribution >= 4 is 0 Å². The zero-order valence-electron chi connectivity index (χ0n) is 14.5. The number of hydrogen-bond acceptors (Lipinski definition) is 2. The summed E-state index contributed by atoms with van der Waals surface area (Å²) < 4.78 is 0. The van der Waals surface area contributed by atoms with E-state index in [1.165, 1.54) is 18.4 Å². The van der Waals surface area contributed by atoms with Crippen LogP contribution in [0.5, 0.6) is 0 Å². The van der Waals surface area contributed by atoms with Gasteiger partial charge in [0.1, 0.15) is 0 Å². The summed E-state index contributed by atoms with van der Waals surface area (Å²) in [5.74, 6) is 0.591. The molecule has 1 aromatic rings. The van der Waals surface area contributed by atoms with Crippen LogP contribution in [0.15, 0.2) is 30.3 Å². The lowest BCUT2D eigenvalue weighted by Gasteiger charge is -2.48. The highest BCUT2D eigenvalue weighted by Crippen LogP contribution is 2.31. The van der Waals surface area contributed by atoms with Gasteiger partial charge in [-0.05, 0) is 52.0 Å². The lowest BCUT2D eigenvalue weighted by Crippen LogP contribution is -2.62. The molecule has 0 aliphatic carbocycles. The first kappa shape index (κ1) is 16.5. The quantitative estimate of drug-likeness (QED) is 0.864. The van der Waals surface area contributed by atoms with Gasteiger partial charge in [0, 0.05) is 23.2 Å². The van der Waals surface area contributed by atoms with Gasteiger partial charge >= 0.3 is 0 Å². The van der Waals surface area contributed by atoms with E-state index in [0.29, 0.717) is 18.0 Å². The monoisotopic (exact) mass is 288 g/mol. The highest BCUT2D eigenvalue weighted by molar-refractivity contribution is 5.20. The molecule has 0 saturated carbocycles. The maximum absolute atomic E-state index is 3.94. The Morgan fingerprint density at radius 2 is 1.52 bits per heavy atom. The van der Waals surface area contributed by atoms with Gasteiger partial charge in [0.15, 0.2) is 0 Å². The van der Waals surface area contributed by atoms with Crippen LogP contribution in [0.2, 0.25) is 0 Å². The van der Waals surface area contributed by atoms with Crippen molar-refractivity contribution in [1.29, 1.82) is 0 Å². The van der Waals surface area contributed by atoms with Crippen LogP contribution in [-0.2, 0) is 0 Å². The van der Waals surface area contributed by atoms with Crippen LogP contribution in [0.25, 0.3) is 0 Å². The first-order valence-corrected chi connectivity index (χ1v) is 8.29. The van der Waals surface area contributed by atoms with Crippen LogP contribution >= 0.6 is 0 Å². The molecule has 0 amide bonds. The van der Waals surface area contributed by atoms with Gasteiger partial charge in [0.05, 0.1) is 0 Å². The summed E-state index contributed by atoms with van der Waals surface area (Å²) in [5.41, 5.74) is 1.79. The molecular formula is C19H32N2. The van der Waals surface area contributed by atoms with Gasteiger partial charge in [0.2, 0.25) is 0 Å². The van der Waals surface area contributed by atoms with E-state index < -0.39 is 0 Å². The molecule has 1 aromatic carbocycles. The van der Waals surface area contributed by atoms with E-state index in [4.69, 9.17) is 0 Å². The van der Waals surface area contributed by atoms with Crippen LogP contribution in [0.1, 0.15) is 66.0 Å². The molecular weight excluding hydrogens is 256 g/mol. The second kappa shape index (κ2) is 6.10. The van der Waals surface area contributed by atoms with Crippen molar-refractivity contribution in [2.24, 2.45) is 5.92 Å². The summed E-state index contributed by atoms with van der Waals surface area (Å²) in [6.45, 7) is 13.9. The second-order valence-corrected chi connectivity index (χ2v) is 8.30. The highest BCUT2D eigenvalue weighted by Gasteiger charge is 2.38. The van der Waals surface area contributed by atoms with Gasteiger partial charge in [-0.15, -0.1) is 0 Å². The van der Waals surface area contributed by atoms with E-state index in [2.05, 4.69) is 82.5 Å². The smallest absolute Gasteiger partial charge is 0.0345 e. The molecule has 0 radical (unpaired) electrons. The molecule has 2 rings (SSSR count). The Balaban J connectivity index is 2.14. The van der Waals surface area contributed by atoms with E-state index >= 15 is 0 Å². The van der Waals surface area contributed by atoms with Crippen molar-refractivity contribution in [2.75, 3.05) is 0 Å². The van der Waals surface area contributed by atoms with Crippen LogP contribution in [0.3, 0.4) is 0 Å². The van der Waals surface area contributed by atoms with Crippen LogP contribution in [0.4, 0.5) is 0 Å². The number of rotatable bonds is 4. The number of benzene rings is 1. The first-order chi connectivity index (χ1) is 9.69. The Bertz CT molecular complexity index is 432. The zero-order chi connectivity index (χ0) is 15.7. The van der Waals surface area contributed by atoms with E-state index in [9.17, 15) is 0 Å². The number of nitrogens with one attached hydrogen (secondary N) is 2. The van der Waals surface area contributed by atoms with E-state index in [1.807, 2.05) is 0 Å². The number of piperidine rings is 1. The maximum atomic E-state index is 3.94. The third-order valence-corrected chi connectivity index (χ3v) is 4.43. The Kier molecular flexibility index (Phi) is 4.79. The fraction of sp³-hybridized carbons (Fsp3) is 0.684. The Morgan fingerprint density at radius 1 is 1.00 bits per heavy atom. The van der Waals surface area contributed by atoms with Crippen LogP contribution in [0, 0.1) is 5.92 Å². The average Bonchev–Trinajstić information content (AvgIpc) is 2.33. The maximum Gasteiger partial charge on any atom is 0.0345 e. The molecule has 21 heavy (non-hydrogen) atoms. The van der Waals surface area contributed by atoms with Crippen molar-refractivity contribution in [1.82, 2.24) is 10.6 Å². The molecule has 2 heteroatoms. The van der Waals surface area contributed by atoms with E-state index in [1.54, 1.807) is 0 Å². The van der Waals surface area contributed by atoms with Gasteiger partial charge < -0.3 is 10.6 Å². The molecule has 1 aliphatic rings.